The van der Waals surface area contributed by atoms with Crippen molar-refractivity contribution in [2.24, 2.45) is 0 Å². The predicted octanol–water partition coefficient (Wildman–Crippen LogP) is 1.65. The molecule has 0 aliphatic carbocycles. The summed E-state index contributed by atoms with van der Waals surface area (Å²) in [5, 5.41) is 10.2. The van der Waals surface area contributed by atoms with Crippen LogP contribution in [-0.4, -0.2) is 9.91 Å². The number of hydrogen-bond donors (Lipinski definition) is 1. The molecule has 0 amide bonds. The molecular formula is C6H4F3N3O2. The average molecular weight is 207 g/mol. The smallest absolute Gasteiger partial charge is 0.366 e. The summed E-state index contributed by atoms with van der Waals surface area (Å²) in [5.41, 5.74) is 2.92. The number of halogens is 3. The predicted molar refractivity (Wildman–Crippen MR) is 40.2 cm³/mol. The lowest BCUT2D eigenvalue weighted by molar-refractivity contribution is -0.389. The van der Waals surface area contributed by atoms with Crippen LogP contribution in [0, 0.1) is 15.9 Å². The quantitative estimate of drug-likeness (QED) is 0.590. The number of nitrogens with two attached hydrogens (primary N) is 1. The fraction of sp³-hybridized carbons (Fsp3) is 0.167. The Kier molecular flexibility index (Phi) is 2.54. The van der Waals surface area contributed by atoms with Gasteiger partial charge >= 0.3 is 12.2 Å². The molecular weight excluding hydrogens is 203 g/mol. The Morgan fingerprint density at radius 1 is 1.57 bits per heavy atom. The van der Waals surface area contributed by atoms with Crippen molar-refractivity contribution in [2.45, 2.75) is 6.43 Å². The van der Waals surface area contributed by atoms with Gasteiger partial charge in [-0.1, -0.05) is 0 Å². The highest BCUT2D eigenvalue weighted by atomic mass is 19.3. The number of pyridine rings is 1. The Labute approximate surface area is 75.5 Å². The molecule has 0 atom stereocenters. The number of nitro groups is 1. The van der Waals surface area contributed by atoms with Crippen LogP contribution in [0.2, 0.25) is 0 Å². The van der Waals surface area contributed by atoms with Crippen molar-refractivity contribution in [2.75, 3.05) is 5.73 Å². The van der Waals surface area contributed by atoms with E-state index in [0.29, 0.717) is 6.07 Å². The summed E-state index contributed by atoms with van der Waals surface area (Å²) >= 11 is 0. The Balaban J connectivity index is 3.35. The van der Waals surface area contributed by atoms with E-state index in [0.717, 1.165) is 0 Å². The second-order valence-corrected chi connectivity index (χ2v) is 2.33. The number of aromatic nitrogens is 1. The molecule has 0 fully saturated rings. The number of hydrogen-bond acceptors (Lipinski definition) is 4. The van der Waals surface area contributed by atoms with Gasteiger partial charge in [-0.3, -0.25) is 0 Å². The third kappa shape index (κ3) is 1.73. The molecule has 0 saturated carbocycles. The van der Waals surface area contributed by atoms with Gasteiger partial charge in [-0.05, 0) is 9.91 Å². The fourth-order valence-electron chi connectivity index (χ4n) is 0.793. The van der Waals surface area contributed by atoms with Crippen LogP contribution in [0.25, 0.3) is 0 Å². The lowest BCUT2D eigenvalue weighted by Gasteiger charge is -2.00. The first-order chi connectivity index (χ1) is 6.43. The molecule has 0 bridgehead atoms. The number of rotatable bonds is 2. The molecule has 0 aliphatic heterocycles. The molecule has 2 N–H and O–H groups in total. The summed E-state index contributed by atoms with van der Waals surface area (Å²) in [4.78, 5) is 12.0. The van der Waals surface area contributed by atoms with Crippen molar-refractivity contribution in [3.63, 3.8) is 0 Å². The van der Waals surface area contributed by atoms with Gasteiger partial charge in [0.05, 0.1) is 11.8 Å². The van der Waals surface area contributed by atoms with Gasteiger partial charge in [0.1, 0.15) is 0 Å². The van der Waals surface area contributed by atoms with E-state index in [4.69, 9.17) is 5.73 Å². The summed E-state index contributed by atoms with van der Waals surface area (Å²) < 4.78 is 36.9. The molecule has 76 valence electrons. The van der Waals surface area contributed by atoms with Gasteiger partial charge in [0.25, 0.3) is 5.69 Å². The van der Waals surface area contributed by atoms with Crippen molar-refractivity contribution in [3.8, 4) is 0 Å². The second-order valence-electron chi connectivity index (χ2n) is 2.33. The summed E-state index contributed by atoms with van der Waals surface area (Å²) in [5.74, 6) is -2.33. The highest BCUT2D eigenvalue weighted by molar-refractivity contribution is 5.46. The molecule has 0 saturated heterocycles. The largest absolute Gasteiger partial charge is 0.396 e. The first kappa shape index (κ1) is 10.2. The van der Waals surface area contributed by atoms with E-state index in [1.807, 2.05) is 0 Å². The molecule has 0 spiro atoms. The van der Waals surface area contributed by atoms with Crippen LogP contribution in [-0.2, 0) is 0 Å². The molecule has 5 nitrogen and oxygen atoms in total. The van der Waals surface area contributed by atoms with Crippen LogP contribution in [0.5, 0.6) is 0 Å². The van der Waals surface area contributed by atoms with E-state index < -0.39 is 34.4 Å². The maximum absolute atomic E-state index is 12.8. The zero-order chi connectivity index (χ0) is 10.9. The van der Waals surface area contributed by atoms with Crippen molar-refractivity contribution < 1.29 is 18.1 Å². The average Bonchev–Trinajstić information content (AvgIpc) is 2.08. The van der Waals surface area contributed by atoms with Crippen molar-refractivity contribution in [1.29, 1.82) is 0 Å². The van der Waals surface area contributed by atoms with Crippen molar-refractivity contribution in [3.05, 3.63) is 27.7 Å². The van der Waals surface area contributed by atoms with E-state index >= 15 is 0 Å². The Hall–Kier alpha value is -1.86. The van der Waals surface area contributed by atoms with Crippen molar-refractivity contribution >= 4 is 11.5 Å². The van der Waals surface area contributed by atoms with Gasteiger partial charge < -0.3 is 15.8 Å². The molecule has 0 aliphatic rings. The summed E-state index contributed by atoms with van der Waals surface area (Å²) in [6, 6.07) is 0.585. The highest BCUT2D eigenvalue weighted by Crippen LogP contribution is 2.26. The SMILES string of the molecule is Nc1cc([N+](=O)[O-])nc(C(F)F)c1F. The van der Waals surface area contributed by atoms with Crippen LogP contribution in [0.4, 0.5) is 24.7 Å². The van der Waals surface area contributed by atoms with E-state index in [1.54, 1.807) is 0 Å². The van der Waals surface area contributed by atoms with Crippen LogP contribution in [0.3, 0.4) is 0 Å². The molecule has 1 aromatic rings. The summed E-state index contributed by atoms with van der Waals surface area (Å²) in [6.07, 6.45) is -3.24. The molecule has 0 unspecified atom stereocenters. The third-order valence-electron chi connectivity index (χ3n) is 1.39. The monoisotopic (exact) mass is 207 g/mol. The van der Waals surface area contributed by atoms with Gasteiger partial charge in [0.2, 0.25) is 0 Å². The molecule has 1 heterocycles. The Morgan fingerprint density at radius 3 is 2.57 bits per heavy atom. The lowest BCUT2D eigenvalue weighted by Crippen LogP contribution is -2.04. The zero-order valence-electron chi connectivity index (χ0n) is 6.58. The van der Waals surface area contributed by atoms with Crippen LogP contribution < -0.4 is 5.73 Å². The topological polar surface area (TPSA) is 82.0 Å². The van der Waals surface area contributed by atoms with E-state index in [9.17, 15) is 23.3 Å². The molecule has 0 radical (unpaired) electrons. The van der Waals surface area contributed by atoms with E-state index in [2.05, 4.69) is 4.98 Å². The molecule has 14 heavy (non-hydrogen) atoms. The highest BCUT2D eigenvalue weighted by Gasteiger charge is 2.26. The van der Waals surface area contributed by atoms with Gasteiger partial charge in [-0.15, -0.1) is 0 Å². The molecule has 0 aromatic carbocycles. The van der Waals surface area contributed by atoms with Gasteiger partial charge in [0.15, 0.2) is 5.82 Å². The Morgan fingerprint density at radius 2 is 2.14 bits per heavy atom. The normalized spacial score (nSPS) is 10.6. The maximum atomic E-state index is 12.8. The van der Waals surface area contributed by atoms with Crippen LogP contribution in [0.15, 0.2) is 6.07 Å². The number of nitrogen functional groups attached to an aromatic ring is 1. The third-order valence-corrected chi connectivity index (χ3v) is 1.39. The standard InChI is InChI=1S/C6H4F3N3O2/c7-4-2(10)1-3(12(13)14)11-5(4)6(8)9/h1,6H,(H2,10,11). The summed E-state index contributed by atoms with van der Waals surface area (Å²) in [6.45, 7) is 0. The fourth-order valence-corrected chi connectivity index (χ4v) is 0.793. The summed E-state index contributed by atoms with van der Waals surface area (Å²) in [7, 11) is 0. The zero-order valence-corrected chi connectivity index (χ0v) is 6.58. The van der Waals surface area contributed by atoms with E-state index in [-0.39, 0.29) is 0 Å². The maximum Gasteiger partial charge on any atom is 0.366 e. The molecule has 1 aromatic heterocycles. The van der Waals surface area contributed by atoms with Gasteiger partial charge in [0, 0.05) is 0 Å². The van der Waals surface area contributed by atoms with Gasteiger partial charge in [-0.2, -0.15) is 4.39 Å². The van der Waals surface area contributed by atoms with Crippen LogP contribution >= 0.6 is 0 Å². The lowest BCUT2D eigenvalue weighted by atomic mass is 10.3. The molecule has 1 rings (SSSR count). The van der Waals surface area contributed by atoms with E-state index in [1.165, 1.54) is 0 Å². The number of anilines is 1. The van der Waals surface area contributed by atoms with Crippen LogP contribution in [0.1, 0.15) is 12.1 Å². The number of alkyl halides is 2. The minimum atomic E-state index is -3.24. The first-order valence-corrected chi connectivity index (χ1v) is 3.32. The molecule has 8 heteroatoms. The minimum absolute atomic E-state index is 0.585. The van der Waals surface area contributed by atoms with Gasteiger partial charge in [-0.25, -0.2) is 8.78 Å². The first-order valence-electron chi connectivity index (χ1n) is 3.32. The minimum Gasteiger partial charge on any atom is -0.396 e. The Bertz CT molecular complexity index is 383. The second kappa shape index (κ2) is 3.48. The number of nitrogens with zero attached hydrogens (tertiary/aromatic N) is 2. The van der Waals surface area contributed by atoms with Crippen molar-refractivity contribution in [1.82, 2.24) is 4.98 Å².